The molecule has 0 spiro atoms. The summed E-state index contributed by atoms with van der Waals surface area (Å²) in [5, 5.41) is 0.997. The molecule has 0 aliphatic carbocycles. The van der Waals surface area contributed by atoms with E-state index in [1.807, 2.05) is 12.3 Å². The molecule has 0 aromatic rings. The van der Waals surface area contributed by atoms with Gasteiger partial charge in [-0.1, -0.05) is 0 Å². The van der Waals surface area contributed by atoms with Crippen molar-refractivity contribution in [1.82, 2.24) is 0 Å². The van der Waals surface area contributed by atoms with Gasteiger partial charge < -0.3 is 5.73 Å². The van der Waals surface area contributed by atoms with Crippen LogP contribution in [0.15, 0.2) is 23.9 Å². The Bertz CT molecular complexity index is 163. The maximum absolute atomic E-state index is 5.42. The molecule has 3 nitrogen and oxygen atoms in total. The quantitative estimate of drug-likeness (QED) is 0.509. The summed E-state index contributed by atoms with van der Waals surface area (Å²) in [6.45, 7) is 1.49. The molecule has 1 aliphatic heterocycles. The minimum absolute atomic E-state index is 0.619. The minimum Gasteiger partial charge on any atom is -0.327 e. The lowest BCUT2D eigenvalue weighted by Crippen LogP contribution is -3.06. The van der Waals surface area contributed by atoms with Gasteiger partial charge in [0, 0.05) is 6.54 Å². The van der Waals surface area contributed by atoms with Gasteiger partial charge in [0.2, 0.25) is 0 Å². The molecule has 0 saturated carbocycles. The molecule has 1 atom stereocenters. The van der Waals surface area contributed by atoms with Crippen LogP contribution in [-0.2, 0) is 4.84 Å². The predicted octanol–water partition coefficient (Wildman–Crippen LogP) is -1.15. The Hall–Kier alpha value is -0.640. The van der Waals surface area contributed by atoms with Crippen molar-refractivity contribution in [2.45, 2.75) is 0 Å². The summed E-state index contributed by atoms with van der Waals surface area (Å²) in [6.07, 6.45) is 6.03. The molecule has 1 unspecified atom stereocenters. The summed E-state index contributed by atoms with van der Waals surface area (Å²) in [4.78, 5) is 5.03. The zero-order valence-electron chi connectivity index (χ0n) is 6.13. The number of hydrogen-bond donors (Lipinski definition) is 2. The van der Waals surface area contributed by atoms with Gasteiger partial charge in [-0.3, -0.25) is 0 Å². The number of hydrogen-bond acceptors (Lipinski definition) is 2. The van der Waals surface area contributed by atoms with Crippen molar-refractivity contribution < 1.29 is 9.90 Å². The Morgan fingerprint density at radius 3 is 3.00 bits per heavy atom. The van der Waals surface area contributed by atoms with E-state index in [-0.39, 0.29) is 0 Å². The van der Waals surface area contributed by atoms with Gasteiger partial charge in [0.25, 0.3) is 0 Å². The van der Waals surface area contributed by atoms with E-state index in [1.54, 1.807) is 7.11 Å². The number of nitrogens with two attached hydrogens (primary N) is 1. The molecule has 10 heavy (non-hydrogen) atoms. The van der Waals surface area contributed by atoms with E-state index in [0.29, 0.717) is 6.54 Å². The molecule has 1 aliphatic rings. The standard InChI is InChI=1S/C7H12N2O/c1-10-9-4-2-7(6-8)3-5-9/h2-4H,5-6,8H2,1H3/p+1. The van der Waals surface area contributed by atoms with E-state index in [4.69, 9.17) is 10.6 Å². The van der Waals surface area contributed by atoms with Crippen LogP contribution < -0.4 is 10.8 Å². The maximum atomic E-state index is 5.42. The lowest BCUT2D eigenvalue weighted by Gasteiger charge is -2.11. The Kier molecular flexibility index (Phi) is 2.62. The Morgan fingerprint density at radius 2 is 2.60 bits per heavy atom. The van der Waals surface area contributed by atoms with Gasteiger partial charge in [-0.15, -0.1) is 0 Å². The monoisotopic (exact) mass is 141 g/mol. The molecule has 0 saturated heterocycles. The fraction of sp³-hybridized carbons (Fsp3) is 0.429. The normalized spacial score (nSPS) is 24.6. The first-order chi connectivity index (χ1) is 4.86. The number of quaternary nitrogens is 1. The Morgan fingerprint density at radius 1 is 1.80 bits per heavy atom. The first-order valence-corrected chi connectivity index (χ1v) is 3.34. The van der Waals surface area contributed by atoms with Crippen LogP contribution >= 0.6 is 0 Å². The number of rotatable bonds is 2. The molecule has 0 aromatic heterocycles. The van der Waals surface area contributed by atoms with Crippen LogP contribution in [0.3, 0.4) is 0 Å². The van der Waals surface area contributed by atoms with Crippen molar-refractivity contribution >= 4 is 0 Å². The average Bonchev–Trinajstić information content (AvgIpc) is 2.05. The summed E-state index contributed by atoms with van der Waals surface area (Å²) in [6, 6.07) is 0. The van der Waals surface area contributed by atoms with Gasteiger partial charge >= 0.3 is 0 Å². The van der Waals surface area contributed by atoms with Crippen molar-refractivity contribution in [3.63, 3.8) is 0 Å². The van der Waals surface area contributed by atoms with Crippen molar-refractivity contribution in [2.75, 3.05) is 20.2 Å². The van der Waals surface area contributed by atoms with E-state index in [9.17, 15) is 0 Å². The van der Waals surface area contributed by atoms with Crippen LogP contribution in [0.2, 0.25) is 0 Å². The van der Waals surface area contributed by atoms with E-state index < -0.39 is 0 Å². The highest BCUT2D eigenvalue weighted by molar-refractivity contribution is 5.19. The topological polar surface area (TPSA) is 39.7 Å². The summed E-state index contributed by atoms with van der Waals surface area (Å²) >= 11 is 0. The second-order valence-electron chi connectivity index (χ2n) is 2.19. The molecule has 3 N–H and O–H groups in total. The first kappa shape index (κ1) is 7.47. The smallest absolute Gasteiger partial charge is 0.131 e. The maximum Gasteiger partial charge on any atom is 0.131 e. The van der Waals surface area contributed by atoms with Crippen molar-refractivity contribution in [1.29, 1.82) is 0 Å². The molecule has 0 fully saturated rings. The predicted molar refractivity (Wildman–Crippen MR) is 39.1 cm³/mol. The largest absolute Gasteiger partial charge is 0.327 e. The average molecular weight is 141 g/mol. The molecule has 1 rings (SSSR count). The Labute approximate surface area is 60.7 Å². The second kappa shape index (κ2) is 3.51. The van der Waals surface area contributed by atoms with Crippen LogP contribution in [-0.4, -0.2) is 20.2 Å². The third-order valence-corrected chi connectivity index (χ3v) is 1.55. The fourth-order valence-corrected chi connectivity index (χ4v) is 0.871. The molecule has 56 valence electrons. The highest BCUT2D eigenvalue weighted by atomic mass is 16.7. The van der Waals surface area contributed by atoms with Crippen molar-refractivity contribution in [3.05, 3.63) is 23.9 Å². The lowest BCUT2D eigenvalue weighted by molar-refractivity contribution is -1.04. The molecule has 0 aromatic carbocycles. The van der Waals surface area contributed by atoms with Crippen LogP contribution in [0.25, 0.3) is 0 Å². The molecule has 0 amide bonds. The van der Waals surface area contributed by atoms with Crippen molar-refractivity contribution in [3.8, 4) is 0 Å². The minimum atomic E-state index is 0.619. The van der Waals surface area contributed by atoms with Gasteiger partial charge in [-0.2, -0.15) is 5.06 Å². The van der Waals surface area contributed by atoms with E-state index in [1.165, 1.54) is 5.57 Å². The molecule has 0 radical (unpaired) electrons. The molecule has 3 heteroatoms. The fourth-order valence-electron chi connectivity index (χ4n) is 0.871. The van der Waals surface area contributed by atoms with Crippen molar-refractivity contribution in [2.24, 2.45) is 5.73 Å². The van der Waals surface area contributed by atoms with Crippen LogP contribution in [0.1, 0.15) is 0 Å². The lowest BCUT2D eigenvalue weighted by atomic mass is 10.2. The first-order valence-electron chi connectivity index (χ1n) is 3.34. The molecular formula is C7H13N2O+. The van der Waals surface area contributed by atoms with Crippen LogP contribution in [0.5, 0.6) is 0 Å². The third kappa shape index (κ3) is 1.67. The van der Waals surface area contributed by atoms with E-state index in [0.717, 1.165) is 11.6 Å². The van der Waals surface area contributed by atoms with Gasteiger partial charge in [-0.05, 0) is 17.7 Å². The third-order valence-electron chi connectivity index (χ3n) is 1.55. The van der Waals surface area contributed by atoms with Crippen LogP contribution in [0, 0.1) is 0 Å². The summed E-state index contributed by atoms with van der Waals surface area (Å²) in [7, 11) is 1.68. The van der Waals surface area contributed by atoms with Gasteiger partial charge in [0.1, 0.15) is 12.7 Å². The van der Waals surface area contributed by atoms with Gasteiger partial charge in [0.15, 0.2) is 0 Å². The van der Waals surface area contributed by atoms with E-state index >= 15 is 0 Å². The van der Waals surface area contributed by atoms with Gasteiger partial charge in [-0.25, -0.2) is 4.84 Å². The van der Waals surface area contributed by atoms with E-state index in [2.05, 4.69) is 6.08 Å². The Balaban J connectivity index is 2.46. The second-order valence-corrected chi connectivity index (χ2v) is 2.19. The van der Waals surface area contributed by atoms with Gasteiger partial charge in [0.05, 0.1) is 7.11 Å². The summed E-state index contributed by atoms with van der Waals surface area (Å²) in [5.41, 5.74) is 6.60. The molecular weight excluding hydrogens is 128 g/mol. The zero-order chi connectivity index (χ0) is 7.40. The molecule has 1 heterocycles. The zero-order valence-corrected chi connectivity index (χ0v) is 6.13. The van der Waals surface area contributed by atoms with Crippen LogP contribution in [0.4, 0.5) is 0 Å². The number of nitrogens with one attached hydrogen (secondary N) is 1. The highest BCUT2D eigenvalue weighted by Gasteiger charge is 2.05. The highest BCUT2D eigenvalue weighted by Crippen LogP contribution is 1.93. The number of hydroxylamine groups is 2. The SMILES string of the molecule is CO[NH+]1C=CC(CN)=CC1. The summed E-state index contributed by atoms with van der Waals surface area (Å²) in [5.74, 6) is 0. The summed E-state index contributed by atoms with van der Waals surface area (Å²) < 4.78 is 0. The molecule has 0 bridgehead atoms.